The molecule has 0 saturated heterocycles. The number of likely N-dealkylation sites (N-methyl/N-ethyl adjacent to an activating group) is 1. The van der Waals surface area contributed by atoms with Crippen LogP contribution in [-0.2, 0) is 89.9 Å². The van der Waals surface area contributed by atoms with Crippen molar-refractivity contribution in [1.82, 2.24) is 40.5 Å². The smallest absolute Gasteiger partial charge is 0.407 e. The first-order valence-electron chi connectivity index (χ1n) is 47.0. The fourth-order valence-electron chi connectivity index (χ4n) is 13.9. The standard InChI is InChI=1S/C34H35N7O5S.C21H24N2O4S.C14H15NO3S.C13H14N6O.C13H15NO2S.C8H5BrS.C5H11NO2/c1-34(2,3)46-31(42)27(36-4)18-25-16-23-10-11-24(17-28(23)47-25)41(5)14-15-44-33(43)38-19-21-6-8-22(9-7-21)20-45-30-29-26(12-13-37-29)39-32(35)40-30;1-21(2,3)27-20(26)17(22-4)13-16-11-14-8-9-15(12-18(14)28-16)23(5)10-6-7-19(24)25;1-15(5-2-6-18-10-17)12-4-3-11-7-13(9-16)19-14(11)8-12;14-5-8-1-3-9(4-2-8)6-20-12-10-11(17-7-16-10)18-13(15)19-12;1-14(6-2-7-16-10-15)12-4-3-11-5-8-17-13(11)9-12;9-7-2-1-6-3-4-10-8(6)5-7;1-6-3-2-4-8-5-7/h6-11,13,16-18H,12,14-15,19-20H2,1-3,5H3,(H,38,43)(H2,35,39,40);8-9,11-13H,6-7,10H2,1-3,5H3,(H,24,25);3-4,7-10H,2,5-6H2,1H3;1-4,7H,5-6,14H2,(H3,15,16,17,18,19);3-5,8-10H,2,6-7H2,1H3;1-5H;5-6H,2-4H2,1H3/b27-18-;17-13-;;;;;. The molecule has 0 unspecified atom stereocenters. The van der Waals surface area contributed by atoms with Gasteiger partial charge in [-0.25, -0.2) is 24.5 Å². The van der Waals surface area contributed by atoms with Gasteiger partial charge in [-0.05, 0) is 244 Å². The van der Waals surface area contributed by atoms with Crippen molar-refractivity contribution in [2.75, 3.05) is 125 Å². The topological polar surface area (TPSA) is 447 Å². The summed E-state index contributed by atoms with van der Waals surface area (Å²) in [5, 5.41) is 24.4. The van der Waals surface area contributed by atoms with Gasteiger partial charge in [0.05, 0.1) is 56.4 Å². The number of carbonyl (C=O) groups is 8. The van der Waals surface area contributed by atoms with Crippen molar-refractivity contribution in [3.05, 3.63) is 268 Å². The Morgan fingerprint density at radius 3 is 1.46 bits per heavy atom. The average Bonchev–Trinajstić information content (AvgIpc) is 1.69. The molecular weight excluding hydrogens is 2060 g/mol. The molecule has 7 aromatic carbocycles. The molecule has 149 heavy (non-hydrogen) atoms. The average molecular weight is 2180 g/mol. The van der Waals surface area contributed by atoms with Gasteiger partial charge in [0, 0.05) is 140 Å². The van der Waals surface area contributed by atoms with E-state index >= 15 is 0 Å². The molecule has 15 aromatic rings. The van der Waals surface area contributed by atoms with E-state index in [1.165, 1.54) is 66.2 Å². The van der Waals surface area contributed by atoms with Crippen LogP contribution in [0.3, 0.4) is 0 Å². The number of rotatable bonds is 40. The molecule has 16 rings (SSSR count). The van der Waals surface area contributed by atoms with Crippen LogP contribution in [0.5, 0.6) is 11.8 Å². The molecule has 1 aliphatic rings. The van der Waals surface area contributed by atoms with Gasteiger partial charge < -0.3 is 95.4 Å². The molecule has 0 atom stereocenters. The number of thiophene rings is 5. The number of aliphatic imine (C=N–C) groups is 1. The van der Waals surface area contributed by atoms with E-state index in [-0.39, 0.29) is 42.9 Å². The number of alkyl carbamates (subject to hydrolysis) is 1. The van der Waals surface area contributed by atoms with Crippen LogP contribution in [0.15, 0.2) is 208 Å². The number of carbonyl (C=O) groups excluding carboxylic acids is 7. The number of aliphatic carboxylic acids is 1. The van der Waals surface area contributed by atoms with Crippen molar-refractivity contribution in [2.24, 2.45) is 10.7 Å². The predicted molar refractivity (Wildman–Crippen MR) is 599 cm³/mol. The lowest BCUT2D eigenvalue weighted by Gasteiger charge is -2.19. The highest BCUT2D eigenvalue weighted by atomic mass is 79.9. The largest absolute Gasteiger partial charge is 0.481 e. The molecular formula is C108H119BrN18O17S5. The number of amides is 1. The number of aromatic nitrogens is 6. The van der Waals surface area contributed by atoms with Gasteiger partial charge in [-0.3, -0.25) is 38.6 Å². The Bertz CT molecular complexity index is 7180. The number of hydrogen-bond acceptors (Lipinski definition) is 35. The Morgan fingerprint density at radius 1 is 0.523 bits per heavy atom. The second-order valence-electron chi connectivity index (χ2n) is 35.1. The number of ether oxygens (including phenoxy) is 8. The number of benzene rings is 7. The van der Waals surface area contributed by atoms with E-state index in [2.05, 4.69) is 168 Å². The zero-order valence-corrected chi connectivity index (χ0v) is 90.0. The number of H-pyrrole nitrogens is 1. The van der Waals surface area contributed by atoms with Crippen LogP contribution in [0.4, 0.5) is 45.1 Å². The van der Waals surface area contributed by atoms with E-state index in [1.807, 2.05) is 153 Å². The number of imidazole rings is 1. The number of aldehydes is 1. The van der Waals surface area contributed by atoms with Crippen LogP contribution in [0.25, 0.3) is 83.4 Å². The number of carboxylic acid groups (broad SMARTS) is 1. The van der Waals surface area contributed by atoms with Gasteiger partial charge in [0.2, 0.25) is 23.7 Å². The lowest BCUT2D eigenvalue weighted by molar-refractivity contribution is -0.150. The number of halogens is 1. The van der Waals surface area contributed by atoms with Crippen LogP contribution in [-0.4, -0.2) is 197 Å². The van der Waals surface area contributed by atoms with E-state index < -0.39 is 35.2 Å². The molecule has 9 heterocycles. The van der Waals surface area contributed by atoms with E-state index in [0.717, 1.165) is 140 Å². The maximum atomic E-state index is 12.4. The van der Waals surface area contributed by atoms with Crippen LogP contribution >= 0.6 is 72.6 Å². The summed E-state index contributed by atoms with van der Waals surface area (Å²) in [5.74, 6) is -1.01. The zero-order chi connectivity index (χ0) is 107. The number of fused-ring (bicyclic) bond motifs is 7. The lowest BCUT2D eigenvalue weighted by Crippen LogP contribution is -2.28. The first-order chi connectivity index (χ1) is 71.6. The molecule has 1 aliphatic heterocycles. The quantitative estimate of drug-likeness (QED) is 0.00468. The molecule has 35 nitrogen and oxygen atoms in total. The highest BCUT2D eigenvalue weighted by Gasteiger charge is 2.25. The third-order valence-corrected chi connectivity index (χ3v) is 26.8. The van der Waals surface area contributed by atoms with Crippen molar-refractivity contribution in [1.29, 1.82) is 0 Å². The van der Waals surface area contributed by atoms with Gasteiger partial charge >= 0.3 is 24.0 Å². The summed E-state index contributed by atoms with van der Waals surface area (Å²) in [6.07, 6.45) is 10.6. The van der Waals surface area contributed by atoms with Crippen molar-refractivity contribution in [2.45, 2.75) is 118 Å². The fourth-order valence-corrected chi connectivity index (χ4v) is 19.1. The molecule has 0 radical (unpaired) electrons. The monoisotopic (exact) mass is 2180 g/mol. The Hall–Kier alpha value is -15.3. The van der Waals surface area contributed by atoms with Crippen molar-refractivity contribution < 1.29 is 81.4 Å². The summed E-state index contributed by atoms with van der Waals surface area (Å²) in [6, 6.07) is 56.4. The van der Waals surface area contributed by atoms with E-state index in [0.29, 0.717) is 113 Å². The summed E-state index contributed by atoms with van der Waals surface area (Å²) in [4.78, 5) is 133. The second-order valence-corrected chi connectivity index (χ2v) is 41.3. The molecule has 41 heteroatoms. The van der Waals surface area contributed by atoms with Crippen LogP contribution in [0.1, 0.15) is 121 Å². The van der Waals surface area contributed by atoms with E-state index in [1.54, 1.807) is 82.6 Å². The molecule has 0 bridgehead atoms. The van der Waals surface area contributed by atoms with Crippen molar-refractivity contribution >= 4 is 243 Å². The number of aromatic amines is 1. The van der Waals surface area contributed by atoms with E-state index in [4.69, 9.17) is 59.1 Å². The number of carboxylic acids is 1. The predicted octanol–water partition coefficient (Wildman–Crippen LogP) is 20.9. The Labute approximate surface area is 891 Å². The normalized spacial score (nSPS) is 11.3. The number of hydrogen-bond donors (Lipinski definition) is 7. The number of nitrogens with zero attached hydrogens (tertiary/aromatic N) is 12. The fraction of sp³-hybridized carbons (Fsp3) is 0.296. The highest BCUT2D eigenvalue weighted by molar-refractivity contribution is 9.10. The number of esters is 2. The van der Waals surface area contributed by atoms with Gasteiger partial charge in [0.25, 0.3) is 30.8 Å². The maximum Gasteiger partial charge on any atom is 0.407 e. The van der Waals surface area contributed by atoms with Crippen LogP contribution in [0, 0.1) is 13.1 Å². The zero-order valence-electron chi connectivity index (χ0n) is 84.4. The van der Waals surface area contributed by atoms with Gasteiger partial charge in [-0.1, -0.05) is 94.8 Å². The SMILES string of the molecule is Brc1ccc2ccsc2c1.CN(CCCOC=O)c1ccc2cc(C=O)sc2c1.CN(CCCOC=O)c1ccc2ccsc2c1.CNCCCOC=O.NCc1ccc(COc2nc(N)nc3nc[nH]c23)cc1.[C-]#[N+]/C(=C\c1cc2ccc(N(C)CCCC(=O)O)cc2s1)C(=O)OC(C)(C)C.[C-]#[N+]/C(=C\c1cc2ccc(N(C)CCOC(=O)NCc3ccc(COc4nc(N)nc5c4N=CC5)cc3)cc2s1)C(=O)OC(C)(C)C. The van der Waals surface area contributed by atoms with Gasteiger partial charge in [-0.2, -0.15) is 15.0 Å². The third-order valence-electron chi connectivity index (χ3n) is 21.5. The molecule has 0 saturated carbocycles. The first-order valence-corrected chi connectivity index (χ1v) is 52.0. The summed E-state index contributed by atoms with van der Waals surface area (Å²) in [6.45, 7) is 33.6. The van der Waals surface area contributed by atoms with Gasteiger partial charge in [-0.15, -0.1) is 56.7 Å². The number of nitrogens with one attached hydrogen (secondary N) is 3. The van der Waals surface area contributed by atoms with Crippen LogP contribution < -0.4 is 56.9 Å². The number of nitrogen functional groups attached to an aromatic ring is 2. The molecule has 1 amide bonds. The summed E-state index contributed by atoms with van der Waals surface area (Å²) in [5.41, 5.74) is 26.2. The highest BCUT2D eigenvalue weighted by Crippen LogP contribution is 2.37. The Kier molecular flexibility index (Phi) is 45.7. The van der Waals surface area contributed by atoms with Crippen molar-refractivity contribution in [3.63, 3.8) is 0 Å². The van der Waals surface area contributed by atoms with Crippen molar-refractivity contribution in [3.8, 4) is 11.8 Å². The molecule has 780 valence electrons. The first kappa shape index (κ1) is 116. The summed E-state index contributed by atoms with van der Waals surface area (Å²) < 4.78 is 48.2. The number of anilines is 6. The summed E-state index contributed by atoms with van der Waals surface area (Å²) >= 11 is 11.4. The van der Waals surface area contributed by atoms with E-state index in [9.17, 15) is 38.4 Å². The maximum absolute atomic E-state index is 12.4. The minimum atomic E-state index is -0.792. The Morgan fingerprint density at radius 2 is 0.966 bits per heavy atom. The summed E-state index contributed by atoms with van der Waals surface area (Å²) in [7, 11) is 9.76. The Balaban J connectivity index is 0.000000191. The molecule has 0 spiro atoms. The lowest BCUT2D eigenvalue weighted by atomic mass is 10.1. The third kappa shape index (κ3) is 38.1. The van der Waals surface area contributed by atoms with Gasteiger partial charge in [0.1, 0.15) is 42.2 Å². The molecule has 8 aromatic heterocycles. The van der Waals surface area contributed by atoms with Crippen LogP contribution in [0.2, 0.25) is 0 Å². The minimum Gasteiger partial charge on any atom is -0.481 e. The molecule has 0 fully saturated rings. The van der Waals surface area contributed by atoms with Gasteiger partial charge in [0.15, 0.2) is 11.9 Å². The molecule has 0 aliphatic carbocycles. The second kappa shape index (κ2) is 58.9. The number of nitrogens with two attached hydrogens (primary N) is 3. The molecule has 10 N–H and O–H groups in total. The minimum absolute atomic E-state index is 0.0486.